The number of amides is 1. The SMILES string of the molecule is CCC1CCCCN1CNC(=O)C1=C(O)[C@@H](N(C)C)[C@@H]2[C@@H](O)[C@H]3C(=C(O)[C@]2(O)C1=O)C(=O)c1c(O)cccc1C3(C)O. The van der Waals surface area contributed by atoms with Crippen molar-refractivity contribution in [3.63, 3.8) is 0 Å². The molecule has 7 atom stereocenters. The van der Waals surface area contributed by atoms with E-state index in [1.807, 2.05) is 6.92 Å². The molecule has 1 aromatic carbocycles. The molecule has 7 N–H and O–H groups in total. The number of nitrogens with zero attached hydrogens (tertiary/aromatic N) is 2. The minimum absolute atomic E-state index is 0.00925. The standard InChI is InChI=1S/C30H39N3O9/c1-5-14-9-6-7-12-33(14)13-31-28(40)19-24(36)22(32(3)4)21-25(37)20-18(26(38)30(21,42)27(19)39)23(35)17-15(29(20,2)41)10-8-11-16(17)34/h8,10-11,14,20-22,25,34,36-38,41-42H,5-7,9,12-13H2,1-4H3,(H,31,40)/t14?,20-,21-,22+,25+,29?,30+/m1/s1. The molecule has 0 aromatic heterocycles. The number of rotatable bonds is 5. The highest BCUT2D eigenvalue weighted by Gasteiger charge is 2.69. The first kappa shape index (κ1) is 30.2. The number of benzene rings is 1. The lowest BCUT2D eigenvalue weighted by Gasteiger charge is -2.55. The Kier molecular flexibility index (Phi) is 7.51. The second-order valence-corrected chi connectivity index (χ2v) is 12.2. The average Bonchev–Trinajstić information content (AvgIpc) is 2.94. The average molecular weight is 586 g/mol. The van der Waals surface area contributed by atoms with Crippen molar-refractivity contribution in [2.45, 2.75) is 68.9 Å². The first-order valence-electron chi connectivity index (χ1n) is 14.3. The largest absolute Gasteiger partial charge is 0.510 e. The fourth-order valence-electron chi connectivity index (χ4n) is 7.58. The van der Waals surface area contributed by atoms with Crippen LogP contribution in [0.25, 0.3) is 0 Å². The lowest BCUT2D eigenvalue weighted by molar-refractivity contribution is -0.173. The molecule has 3 aliphatic carbocycles. The smallest absolute Gasteiger partial charge is 0.259 e. The van der Waals surface area contributed by atoms with Gasteiger partial charge in [-0.3, -0.25) is 24.2 Å². The number of aromatic hydroxyl groups is 1. The van der Waals surface area contributed by atoms with E-state index in [0.29, 0.717) is 0 Å². The van der Waals surface area contributed by atoms with Crippen LogP contribution in [0.4, 0.5) is 0 Å². The van der Waals surface area contributed by atoms with Crippen LogP contribution in [0, 0.1) is 11.8 Å². The van der Waals surface area contributed by atoms with Gasteiger partial charge in [-0.1, -0.05) is 25.5 Å². The van der Waals surface area contributed by atoms with Gasteiger partial charge in [0.1, 0.15) is 22.8 Å². The molecule has 1 amide bonds. The number of nitrogens with one attached hydrogen (secondary N) is 1. The van der Waals surface area contributed by atoms with Crippen LogP contribution in [0.5, 0.6) is 5.75 Å². The van der Waals surface area contributed by atoms with Gasteiger partial charge >= 0.3 is 0 Å². The van der Waals surface area contributed by atoms with Gasteiger partial charge in [0.15, 0.2) is 11.4 Å². The predicted molar refractivity (Wildman–Crippen MR) is 149 cm³/mol. The van der Waals surface area contributed by atoms with Crippen LogP contribution in [0.3, 0.4) is 0 Å². The lowest BCUT2D eigenvalue weighted by atomic mass is 9.54. The van der Waals surface area contributed by atoms with Crippen LogP contribution in [0.2, 0.25) is 0 Å². The Labute approximate surface area is 243 Å². The van der Waals surface area contributed by atoms with Crippen LogP contribution in [-0.2, 0) is 15.2 Å². The maximum Gasteiger partial charge on any atom is 0.259 e. The Morgan fingerprint density at radius 2 is 1.83 bits per heavy atom. The molecule has 12 heteroatoms. The number of fused-ring (bicyclic) bond motifs is 3. The van der Waals surface area contributed by atoms with E-state index in [2.05, 4.69) is 10.2 Å². The monoisotopic (exact) mass is 585 g/mol. The van der Waals surface area contributed by atoms with Gasteiger partial charge in [-0.25, -0.2) is 0 Å². The third-order valence-corrected chi connectivity index (χ3v) is 9.68. The predicted octanol–water partition coefficient (Wildman–Crippen LogP) is 0.609. The number of Topliss-reactive ketones (excluding diaryl/α,β-unsaturated/α-hetero) is 2. The van der Waals surface area contributed by atoms with Gasteiger partial charge in [0, 0.05) is 12.6 Å². The fraction of sp³-hybridized carbons (Fsp3) is 0.567. The number of likely N-dealkylation sites (N-methyl/N-ethyl adjacent to an activating group) is 1. The van der Waals surface area contributed by atoms with E-state index in [4.69, 9.17) is 0 Å². The normalized spacial score (nSPS) is 35.2. The van der Waals surface area contributed by atoms with Gasteiger partial charge in [0.2, 0.25) is 5.78 Å². The number of hydrogen-bond acceptors (Lipinski definition) is 11. The summed E-state index contributed by atoms with van der Waals surface area (Å²) in [6, 6.07) is 2.88. The van der Waals surface area contributed by atoms with Crippen LogP contribution >= 0.6 is 0 Å². The van der Waals surface area contributed by atoms with E-state index in [1.165, 1.54) is 44.1 Å². The minimum atomic E-state index is -3.01. The van der Waals surface area contributed by atoms with Crippen molar-refractivity contribution in [2.75, 3.05) is 27.3 Å². The number of phenols is 1. The van der Waals surface area contributed by atoms with Gasteiger partial charge in [-0.15, -0.1) is 0 Å². The summed E-state index contributed by atoms with van der Waals surface area (Å²) in [4.78, 5) is 44.6. The van der Waals surface area contributed by atoms with Crippen molar-refractivity contribution in [1.82, 2.24) is 15.1 Å². The molecule has 2 unspecified atom stereocenters. The summed E-state index contributed by atoms with van der Waals surface area (Å²) < 4.78 is 0. The van der Waals surface area contributed by atoms with Gasteiger partial charge < -0.3 is 36.0 Å². The summed E-state index contributed by atoms with van der Waals surface area (Å²) >= 11 is 0. The number of piperidine rings is 1. The van der Waals surface area contributed by atoms with E-state index in [1.54, 1.807) is 0 Å². The Morgan fingerprint density at radius 3 is 2.48 bits per heavy atom. The molecule has 0 saturated carbocycles. The van der Waals surface area contributed by atoms with E-state index < -0.39 is 81.1 Å². The van der Waals surface area contributed by atoms with Crippen LogP contribution in [0.15, 0.2) is 40.9 Å². The minimum Gasteiger partial charge on any atom is -0.510 e. The number of carbonyl (C=O) groups is 3. The number of hydrogen-bond donors (Lipinski definition) is 7. The Balaban J connectivity index is 1.62. The highest BCUT2D eigenvalue weighted by molar-refractivity contribution is 6.25. The fourth-order valence-corrected chi connectivity index (χ4v) is 7.58. The lowest BCUT2D eigenvalue weighted by Crippen LogP contribution is -2.70. The molecule has 1 heterocycles. The highest BCUT2D eigenvalue weighted by atomic mass is 16.4. The van der Waals surface area contributed by atoms with Gasteiger partial charge in [0.25, 0.3) is 5.91 Å². The van der Waals surface area contributed by atoms with Crippen LogP contribution in [-0.4, -0.2) is 109 Å². The molecule has 0 radical (unpaired) electrons. The molecule has 1 saturated heterocycles. The van der Waals surface area contributed by atoms with Crippen molar-refractivity contribution in [1.29, 1.82) is 0 Å². The van der Waals surface area contributed by atoms with Crippen LogP contribution in [0.1, 0.15) is 55.5 Å². The zero-order chi connectivity index (χ0) is 30.9. The molecule has 1 aliphatic heterocycles. The Bertz CT molecular complexity index is 1400. The Hall–Kier alpha value is -3.29. The summed E-state index contributed by atoms with van der Waals surface area (Å²) in [7, 11) is 2.99. The third kappa shape index (κ3) is 4.11. The quantitative estimate of drug-likeness (QED) is 0.240. The molecule has 42 heavy (non-hydrogen) atoms. The maximum atomic E-state index is 14.0. The third-order valence-electron chi connectivity index (χ3n) is 9.68. The van der Waals surface area contributed by atoms with Gasteiger partial charge in [-0.2, -0.15) is 0 Å². The summed E-state index contributed by atoms with van der Waals surface area (Å²) in [5, 5.41) is 71.5. The van der Waals surface area contributed by atoms with Crippen molar-refractivity contribution < 1.29 is 45.0 Å². The van der Waals surface area contributed by atoms with Crippen molar-refractivity contribution >= 4 is 17.5 Å². The molecular formula is C30H39N3O9. The van der Waals surface area contributed by atoms with E-state index in [9.17, 15) is 45.0 Å². The molecule has 0 spiro atoms. The number of ketones is 2. The Morgan fingerprint density at radius 1 is 1.14 bits per heavy atom. The van der Waals surface area contributed by atoms with E-state index >= 15 is 0 Å². The molecule has 1 aromatic rings. The second-order valence-electron chi connectivity index (χ2n) is 12.2. The van der Waals surface area contributed by atoms with Gasteiger partial charge in [0.05, 0.1) is 47.4 Å². The zero-order valence-corrected chi connectivity index (χ0v) is 24.2. The number of aliphatic hydroxyl groups is 5. The number of phenolic OH excluding ortho intramolecular Hbond substituents is 1. The first-order chi connectivity index (χ1) is 19.7. The molecule has 4 aliphatic rings. The number of carbonyl (C=O) groups excluding carboxylic acids is 3. The highest BCUT2D eigenvalue weighted by Crippen LogP contribution is 2.56. The maximum absolute atomic E-state index is 14.0. The second kappa shape index (κ2) is 10.5. The summed E-state index contributed by atoms with van der Waals surface area (Å²) in [6.45, 7) is 4.16. The zero-order valence-electron chi connectivity index (χ0n) is 24.2. The van der Waals surface area contributed by atoms with Crippen molar-refractivity contribution in [2.24, 2.45) is 11.8 Å². The van der Waals surface area contributed by atoms with Gasteiger partial charge in [-0.05, 0) is 51.9 Å². The molecule has 228 valence electrons. The molecule has 5 rings (SSSR count). The van der Waals surface area contributed by atoms with E-state index in [0.717, 1.165) is 32.2 Å². The summed E-state index contributed by atoms with van der Waals surface area (Å²) in [5.41, 5.74) is -6.85. The number of aliphatic hydroxyl groups excluding tert-OH is 3. The molecule has 12 nitrogen and oxygen atoms in total. The first-order valence-corrected chi connectivity index (χ1v) is 14.3. The van der Waals surface area contributed by atoms with Crippen molar-refractivity contribution in [3.8, 4) is 5.75 Å². The molecule has 0 bridgehead atoms. The van der Waals surface area contributed by atoms with Crippen molar-refractivity contribution in [3.05, 3.63) is 52.0 Å². The molecule has 1 fully saturated rings. The number of likely N-dealkylation sites (tertiary alicyclic amines) is 1. The summed E-state index contributed by atoms with van der Waals surface area (Å²) in [5.74, 6) is -8.93. The van der Waals surface area contributed by atoms with Crippen LogP contribution < -0.4 is 5.32 Å². The summed E-state index contributed by atoms with van der Waals surface area (Å²) in [6.07, 6.45) is 1.97. The topological polar surface area (TPSA) is 191 Å². The molecular weight excluding hydrogens is 546 g/mol. The van der Waals surface area contributed by atoms with E-state index in [-0.39, 0.29) is 23.8 Å².